The average molecular weight is 421 g/mol. The Morgan fingerprint density at radius 2 is 1.84 bits per heavy atom. The third-order valence-corrected chi connectivity index (χ3v) is 5.39. The Balaban J connectivity index is 1.39. The Kier molecular flexibility index (Phi) is 6.40. The molecule has 0 spiro atoms. The van der Waals surface area contributed by atoms with Crippen LogP contribution in [0.2, 0.25) is 0 Å². The van der Waals surface area contributed by atoms with E-state index in [1.165, 1.54) is 12.1 Å². The lowest BCUT2D eigenvalue weighted by Crippen LogP contribution is -2.41. The number of carbonyl (C=O) groups is 1. The second-order valence-corrected chi connectivity index (χ2v) is 7.46. The molecule has 2 aromatic carbocycles. The van der Waals surface area contributed by atoms with Gasteiger partial charge >= 0.3 is 0 Å². The average Bonchev–Trinajstić information content (AvgIpc) is 2.83. The van der Waals surface area contributed by atoms with E-state index in [1.54, 1.807) is 49.7 Å². The van der Waals surface area contributed by atoms with Gasteiger partial charge in [-0.1, -0.05) is 0 Å². The van der Waals surface area contributed by atoms with E-state index >= 15 is 0 Å². The summed E-state index contributed by atoms with van der Waals surface area (Å²) in [7, 11) is 1.60. The lowest BCUT2D eigenvalue weighted by Gasteiger charge is -2.32. The van der Waals surface area contributed by atoms with E-state index in [-0.39, 0.29) is 24.2 Å². The minimum absolute atomic E-state index is 0.0103. The van der Waals surface area contributed by atoms with Crippen LogP contribution in [0, 0.1) is 5.82 Å². The summed E-state index contributed by atoms with van der Waals surface area (Å²) in [6.45, 7) is 1.28. The van der Waals surface area contributed by atoms with Crippen LogP contribution in [0.15, 0.2) is 60.8 Å². The van der Waals surface area contributed by atoms with Crippen LogP contribution < -0.4 is 9.47 Å². The molecule has 3 aromatic rings. The Bertz CT molecular complexity index is 1020. The van der Waals surface area contributed by atoms with Gasteiger partial charge in [0.1, 0.15) is 17.3 Å². The largest absolute Gasteiger partial charge is 0.497 e. The molecule has 4 rings (SSSR count). The van der Waals surface area contributed by atoms with Crippen molar-refractivity contribution in [1.29, 1.82) is 0 Å². The molecule has 1 fully saturated rings. The Hall–Kier alpha value is -3.48. The van der Waals surface area contributed by atoms with Gasteiger partial charge in [-0.2, -0.15) is 0 Å². The molecule has 2 heterocycles. The molecule has 1 aliphatic rings. The molecule has 1 amide bonds. The number of aromatic nitrogens is 2. The van der Waals surface area contributed by atoms with Gasteiger partial charge in [0.05, 0.1) is 7.11 Å². The van der Waals surface area contributed by atoms with Gasteiger partial charge in [0.2, 0.25) is 0 Å². The van der Waals surface area contributed by atoms with Gasteiger partial charge in [0.15, 0.2) is 12.4 Å². The van der Waals surface area contributed by atoms with E-state index in [2.05, 4.69) is 9.97 Å². The minimum Gasteiger partial charge on any atom is -0.497 e. The predicted octanol–water partition coefficient (Wildman–Crippen LogP) is 4.08. The fraction of sp³-hybridized carbons (Fsp3) is 0.292. The Labute approximate surface area is 180 Å². The molecule has 1 aliphatic heterocycles. The van der Waals surface area contributed by atoms with Crippen LogP contribution in [0.25, 0.3) is 11.4 Å². The molecule has 1 saturated heterocycles. The number of ether oxygens (including phenoxy) is 2. The quantitative estimate of drug-likeness (QED) is 0.600. The first-order valence-corrected chi connectivity index (χ1v) is 10.3. The van der Waals surface area contributed by atoms with Crippen molar-refractivity contribution in [2.45, 2.75) is 18.8 Å². The third-order valence-electron chi connectivity index (χ3n) is 5.39. The van der Waals surface area contributed by atoms with Gasteiger partial charge in [-0.15, -0.1) is 0 Å². The van der Waals surface area contributed by atoms with Gasteiger partial charge in [-0.3, -0.25) is 4.79 Å². The minimum atomic E-state index is -0.293. The van der Waals surface area contributed by atoms with Gasteiger partial charge in [-0.05, 0) is 67.4 Å². The number of piperidine rings is 1. The molecule has 0 bridgehead atoms. The maximum Gasteiger partial charge on any atom is 0.260 e. The molecule has 0 radical (unpaired) electrons. The van der Waals surface area contributed by atoms with Crippen molar-refractivity contribution in [2.24, 2.45) is 0 Å². The molecule has 1 aromatic heterocycles. The summed E-state index contributed by atoms with van der Waals surface area (Å²) in [5.41, 5.74) is 1.66. The molecular formula is C24H24FN3O3. The predicted molar refractivity (Wildman–Crippen MR) is 114 cm³/mol. The summed E-state index contributed by atoms with van der Waals surface area (Å²) in [6.07, 6.45) is 3.56. The number of carbonyl (C=O) groups excluding carboxylic acids is 1. The number of hydrogen-bond acceptors (Lipinski definition) is 5. The molecule has 0 saturated carbocycles. The fourth-order valence-electron chi connectivity index (χ4n) is 3.69. The number of benzene rings is 2. The van der Waals surface area contributed by atoms with Crippen LogP contribution in [-0.4, -0.2) is 47.6 Å². The Morgan fingerprint density at radius 1 is 1.10 bits per heavy atom. The monoisotopic (exact) mass is 421 g/mol. The first-order valence-electron chi connectivity index (χ1n) is 10.3. The number of likely N-dealkylation sites (tertiary alicyclic amines) is 1. The van der Waals surface area contributed by atoms with E-state index in [0.717, 1.165) is 29.8 Å². The summed E-state index contributed by atoms with van der Waals surface area (Å²) < 4.78 is 24.0. The SMILES string of the molecule is COc1ccc(OCC(=O)N2CCC[C@@H](c3ccnc(-c4ccc(F)cc4)n3)C2)cc1. The summed E-state index contributed by atoms with van der Waals surface area (Å²) in [6, 6.07) is 15.2. The van der Waals surface area contributed by atoms with Crippen molar-refractivity contribution >= 4 is 5.91 Å². The zero-order chi connectivity index (χ0) is 21.6. The van der Waals surface area contributed by atoms with Gasteiger partial charge < -0.3 is 14.4 Å². The lowest BCUT2D eigenvalue weighted by atomic mass is 9.94. The van der Waals surface area contributed by atoms with Crippen molar-refractivity contribution in [2.75, 3.05) is 26.8 Å². The van der Waals surface area contributed by atoms with Gasteiger partial charge in [0.25, 0.3) is 5.91 Å². The van der Waals surface area contributed by atoms with Gasteiger partial charge in [0, 0.05) is 36.5 Å². The highest BCUT2D eigenvalue weighted by Gasteiger charge is 2.26. The van der Waals surface area contributed by atoms with E-state index in [0.29, 0.717) is 24.7 Å². The van der Waals surface area contributed by atoms with E-state index in [1.807, 2.05) is 11.0 Å². The number of methoxy groups -OCH3 is 1. The summed E-state index contributed by atoms with van der Waals surface area (Å²) in [5.74, 6) is 1.71. The third kappa shape index (κ3) is 5.17. The lowest BCUT2D eigenvalue weighted by molar-refractivity contribution is -0.134. The summed E-state index contributed by atoms with van der Waals surface area (Å²) >= 11 is 0. The molecular weight excluding hydrogens is 397 g/mol. The van der Waals surface area contributed by atoms with E-state index < -0.39 is 0 Å². The standard InChI is InChI=1S/C24H24FN3O3/c1-30-20-8-10-21(11-9-20)31-16-23(29)28-14-2-3-18(15-28)22-12-13-26-24(27-22)17-4-6-19(25)7-5-17/h4-13,18H,2-3,14-16H2,1H3/t18-/m1/s1. The second kappa shape index (κ2) is 9.55. The zero-order valence-corrected chi connectivity index (χ0v) is 17.3. The van der Waals surface area contributed by atoms with Crippen molar-refractivity contribution in [3.63, 3.8) is 0 Å². The van der Waals surface area contributed by atoms with Crippen molar-refractivity contribution in [3.8, 4) is 22.9 Å². The molecule has 0 aliphatic carbocycles. The maximum absolute atomic E-state index is 13.2. The number of halogens is 1. The van der Waals surface area contributed by atoms with Crippen LogP contribution in [0.4, 0.5) is 4.39 Å². The molecule has 0 N–H and O–H groups in total. The smallest absolute Gasteiger partial charge is 0.260 e. The first kappa shape index (κ1) is 20.8. The highest BCUT2D eigenvalue weighted by atomic mass is 19.1. The molecule has 160 valence electrons. The maximum atomic E-state index is 13.2. The van der Waals surface area contributed by atoms with Crippen molar-refractivity contribution in [1.82, 2.24) is 14.9 Å². The van der Waals surface area contributed by atoms with Crippen LogP contribution in [0.5, 0.6) is 11.5 Å². The zero-order valence-electron chi connectivity index (χ0n) is 17.3. The summed E-state index contributed by atoms with van der Waals surface area (Å²) in [4.78, 5) is 23.5. The fourth-order valence-corrected chi connectivity index (χ4v) is 3.69. The van der Waals surface area contributed by atoms with Gasteiger partial charge in [-0.25, -0.2) is 14.4 Å². The topological polar surface area (TPSA) is 64.6 Å². The van der Waals surface area contributed by atoms with Crippen LogP contribution >= 0.6 is 0 Å². The van der Waals surface area contributed by atoms with Crippen LogP contribution in [0.3, 0.4) is 0 Å². The van der Waals surface area contributed by atoms with E-state index in [4.69, 9.17) is 9.47 Å². The van der Waals surface area contributed by atoms with Crippen LogP contribution in [-0.2, 0) is 4.79 Å². The molecule has 6 nitrogen and oxygen atoms in total. The van der Waals surface area contributed by atoms with Crippen molar-refractivity contribution in [3.05, 3.63) is 72.3 Å². The number of nitrogens with zero attached hydrogens (tertiary/aromatic N) is 3. The van der Waals surface area contributed by atoms with Crippen molar-refractivity contribution < 1.29 is 18.7 Å². The normalized spacial score (nSPS) is 16.1. The number of rotatable bonds is 6. The highest BCUT2D eigenvalue weighted by Crippen LogP contribution is 2.27. The first-order chi connectivity index (χ1) is 15.1. The summed E-state index contributed by atoms with van der Waals surface area (Å²) in [5, 5.41) is 0. The molecule has 0 unspecified atom stereocenters. The molecule has 1 atom stereocenters. The van der Waals surface area contributed by atoms with Crippen LogP contribution in [0.1, 0.15) is 24.5 Å². The number of hydrogen-bond donors (Lipinski definition) is 0. The number of amides is 1. The second-order valence-electron chi connectivity index (χ2n) is 7.46. The van der Waals surface area contributed by atoms with E-state index in [9.17, 15) is 9.18 Å². The molecule has 7 heteroatoms. The Morgan fingerprint density at radius 3 is 2.58 bits per heavy atom. The molecule has 31 heavy (non-hydrogen) atoms. The highest BCUT2D eigenvalue weighted by molar-refractivity contribution is 5.78.